The highest BCUT2D eigenvalue weighted by atomic mass is 16.3. The van der Waals surface area contributed by atoms with E-state index in [0.717, 1.165) is 50.4 Å². The van der Waals surface area contributed by atoms with Crippen LogP contribution in [0.4, 0.5) is 28.4 Å². The van der Waals surface area contributed by atoms with Gasteiger partial charge in [-0.2, -0.15) is 0 Å². The molecule has 1 aromatic heterocycles. The summed E-state index contributed by atoms with van der Waals surface area (Å²) < 4.78 is 7.02. The molecule has 0 bridgehead atoms. The molecular formula is C64H44N2O. The number of benzene rings is 11. The Bertz CT molecular complexity index is 3950. The van der Waals surface area contributed by atoms with Crippen LogP contribution in [0, 0.1) is 0 Å². The van der Waals surface area contributed by atoms with Crippen molar-refractivity contribution in [2.24, 2.45) is 0 Å². The van der Waals surface area contributed by atoms with Crippen LogP contribution in [0.5, 0.6) is 0 Å². The van der Waals surface area contributed by atoms with E-state index in [1.807, 2.05) is 0 Å². The SMILES string of the molecule is CC(C)c1cccc2c1oc1c(N(c3ccccc3)c3ccc4c5c(c6ccccc6c4c3)-c3cc(Nc4ccccc4)c4ccccc4c3C53c4ccccc4-c4ccccc43)cccc12. The van der Waals surface area contributed by atoms with Gasteiger partial charge in [-0.25, -0.2) is 0 Å². The molecule has 0 saturated heterocycles. The van der Waals surface area contributed by atoms with Crippen molar-refractivity contribution in [2.45, 2.75) is 25.2 Å². The molecule has 316 valence electrons. The topological polar surface area (TPSA) is 28.4 Å². The summed E-state index contributed by atoms with van der Waals surface area (Å²) in [5.74, 6) is 0.325. The van der Waals surface area contributed by atoms with Crippen LogP contribution in [-0.2, 0) is 5.41 Å². The van der Waals surface area contributed by atoms with E-state index in [4.69, 9.17) is 4.42 Å². The Balaban J connectivity index is 1.11. The normalized spacial score (nSPS) is 13.2. The van der Waals surface area contributed by atoms with Crippen LogP contribution in [0.2, 0.25) is 0 Å². The fourth-order valence-corrected chi connectivity index (χ4v) is 12.1. The second-order valence-electron chi connectivity index (χ2n) is 18.6. The van der Waals surface area contributed by atoms with E-state index < -0.39 is 5.41 Å². The smallest absolute Gasteiger partial charge is 0.159 e. The van der Waals surface area contributed by atoms with Crippen molar-refractivity contribution < 1.29 is 4.42 Å². The quantitative estimate of drug-likeness (QED) is 0.169. The largest absolute Gasteiger partial charge is 0.454 e. The lowest BCUT2D eigenvalue weighted by Crippen LogP contribution is -2.26. The number of nitrogens with one attached hydrogen (secondary N) is 1. The van der Waals surface area contributed by atoms with E-state index in [9.17, 15) is 0 Å². The number of para-hydroxylation sites is 4. The third kappa shape index (κ3) is 5.23. The minimum absolute atomic E-state index is 0.325. The highest BCUT2D eigenvalue weighted by Crippen LogP contribution is 2.67. The second kappa shape index (κ2) is 14.3. The van der Waals surface area contributed by atoms with E-state index in [-0.39, 0.29) is 0 Å². The van der Waals surface area contributed by atoms with Gasteiger partial charge in [-0.05, 0) is 131 Å². The minimum atomic E-state index is -0.598. The average molecular weight is 857 g/mol. The average Bonchev–Trinajstić information content (AvgIpc) is 4.02. The highest BCUT2D eigenvalue weighted by molar-refractivity contribution is 6.23. The predicted molar refractivity (Wildman–Crippen MR) is 281 cm³/mol. The molecule has 1 heterocycles. The zero-order valence-corrected chi connectivity index (χ0v) is 37.2. The van der Waals surface area contributed by atoms with Crippen molar-refractivity contribution >= 4 is 82.7 Å². The Labute approximate surface area is 389 Å². The summed E-state index contributed by atoms with van der Waals surface area (Å²) in [6, 6.07) is 80.6. The molecule has 3 heteroatoms. The van der Waals surface area contributed by atoms with Crippen molar-refractivity contribution in [1.29, 1.82) is 0 Å². The van der Waals surface area contributed by atoms with Gasteiger partial charge < -0.3 is 14.6 Å². The number of furan rings is 1. The standard InChI is InChI=1S/C64H44N2O/c1-39(2)43-29-17-30-51-52-31-18-34-58(63(52)67-62(43)51)66(41-21-7-4-8-22-41)42-35-36-50-53(37-42)44-23-9-11-27-48(44)59-54-38-57(65-40-19-5-3-6-20-40)47-26-10-12-28-49(47)60(54)64(61(50)59)55-32-15-13-24-45(55)46-25-14-16-33-56(46)64/h3-39,65H,1-2H3. The van der Waals surface area contributed by atoms with Gasteiger partial charge in [0.25, 0.3) is 0 Å². The van der Waals surface area contributed by atoms with E-state index in [1.165, 1.54) is 82.4 Å². The summed E-state index contributed by atoms with van der Waals surface area (Å²) in [5, 5.41) is 13.5. The molecule has 0 aliphatic heterocycles. The molecule has 0 unspecified atom stereocenters. The predicted octanol–water partition coefficient (Wildman–Crippen LogP) is 17.7. The summed E-state index contributed by atoms with van der Waals surface area (Å²) >= 11 is 0. The van der Waals surface area contributed by atoms with E-state index in [0.29, 0.717) is 5.92 Å². The molecule has 67 heavy (non-hydrogen) atoms. The Hall–Kier alpha value is -8.40. The molecule has 0 saturated carbocycles. The maximum atomic E-state index is 7.02. The molecule has 2 aliphatic carbocycles. The lowest BCUT2D eigenvalue weighted by molar-refractivity contribution is 0.657. The first kappa shape index (κ1) is 37.9. The highest BCUT2D eigenvalue weighted by Gasteiger charge is 2.54. The lowest BCUT2D eigenvalue weighted by atomic mass is 9.68. The van der Waals surface area contributed by atoms with Crippen LogP contribution in [0.3, 0.4) is 0 Å². The first-order valence-corrected chi connectivity index (χ1v) is 23.5. The van der Waals surface area contributed by atoms with Gasteiger partial charge >= 0.3 is 0 Å². The Morgan fingerprint density at radius 3 is 1.73 bits per heavy atom. The van der Waals surface area contributed by atoms with Crippen LogP contribution >= 0.6 is 0 Å². The maximum Gasteiger partial charge on any atom is 0.159 e. The van der Waals surface area contributed by atoms with Crippen molar-refractivity contribution in [3.63, 3.8) is 0 Å². The molecule has 11 aromatic carbocycles. The fraction of sp³-hybridized carbons (Fsp3) is 0.0625. The summed E-state index contributed by atoms with van der Waals surface area (Å²) in [4.78, 5) is 2.39. The van der Waals surface area contributed by atoms with Crippen LogP contribution in [0.25, 0.3) is 76.5 Å². The van der Waals surface area contributed by atoms with Crippen molar-refractivity contribution in [3.8, 4) is 22.3 Å². The summed E-state index contributed by atoms with van der Waals surface area (Å²) in [6.45, 7) is 4.48. The number of anilines is 5. The van der Waals surface area contributed by atoms with Crippen LogP contribution in [0.15, 0.2) is 223 Å². The van der Waals surface area contributed by atoms with Gasteiger partial charge in [0, 0.05) is 38.9 Å². The third-order valence-electron chi connectivity index (χ3n) is 14.7. The first-order chi connectivity index (χ1) is 33.1. The van der Waals surface area contributed by atoms with Crippen molar-refractivity contribution in [2.75, 3.05) is 10.2 Å². The molecular weight excluding hydrogens is 813 g/mol. The Morgan fingerprint density at radius 1 is 0.418 bits per heavy atom. The first-order valence-electron chi connectivity index (χ1n) is 23.5. The summed E-state index contributed by atoms with van der Waals surface area (Å²) in [5.41, 5.74) is 18.3. The van der Waals surface area contributed by atoms with E-state index >= 15 is 0 Å². The molecule has 0 amide bonds. The Kier molecular flexibility index (Phi) is 8.09. The number of rotatable bonds is 6. The van der Waals surface area contributed by atoms with Crippen molar-refractivity contribution in [1.82, 2.24) is 0 Å². The molecule has 14 rings (SSSR count). The van der Waals surface area contributed by atoms with Gasteiger partial charge in [0.05, 0.1) is 11.1 Å². The van der Waals surface area contributed by atoms with Crippen LogP contribution < -0.4 is 10.2 Å². The van der Waals surface area contributed by atoms with Gasteiger partial charge in [0.2, 0.25) is 0 Å². The number of hydrogen-bond acceptors (Lipinski definition) is 3. The number of nitrogens with zero attached hydrogens (tertiary/aromatic N) is 1. The Morgan fingerprint density at radius 2 is 1.00 bits per heavy atom. The summed E-state index contributed by atoms with van der Waals surface area (Å²) in [6.07, 6.45) is 0. The van der Waals surface area contributed by atoms with E-state index in [2.05, 4.69) is 242 Å². The second-order valence-corrected chi connectivity index (χ2v) is 18.6. The molecule has 2 aliphatic rings. The molecule has 0 radical (unpaired) electrons. The summed E-state index contributed by atoms with van der Waals surface area (Å²) in [7, 11) is 0. The van der Waals surface area contributed by atoms with Gasteiger partial charge in [0.1, 0.15) is 5.58 Å². The maximum absolute atomic E-state index is 7.02. The molecule has 0 atom stereocenters. The zero-order valence-electron chi connectivity index (χ0n) is 37.2. The molecule has 0 fully saturated rings. The third-order valence-corrected chi connectivity index (χ3v) is 14.7. The van der Waals surface area contributed by atoms with Gasteiger partial charge in [0.15, 0.2) is 5.58 Å². The lowest BCUT2D eigenvalue weighted by Gasteiger charge is -2.33. The van der Waals surface area contributed by atoms with Crippen molar-refractivity contribution in [3.05, 3.63) is 246 Å². The minimum Gasteiger partial charge on any atom is -0.454 e. The number of hydrogen-bond donors (Lipinski definition) is 1. The van der Waals surface area contributed by atoms with Gasteiger partial charge in [-0.1, -0.05) is 184 Å². The van der Waals surface area contributed by atoms with Crippen LogP contribution in [-0.4, -0.2) is 0 Å². The number of fused-ring (bicyclic) bond motifs is 20. The molecule has 3 nitrogen and oxygen atoms in total. The molecule has 1 N–H and O–H groups in total. The van der Waals surface area contributed by atoms with E-state index in [1.54, 1.807) is 0 Å². The molecule has 1 spiro atoms. The van der Waals surface area contributed by atoms with Gasteiger partial charge in [-0.3, -0.25) is 0 Å². The fourth-order valence-electron chi connectivity index (χ4n) is 12.1. The monoisotopic (exact) mass is 856 g/mol. The zero-order chi connectivity index (χ0) is 44.4. The van der Waals surface area contributed by atoms with Crippen LogP contribution in [0.1, 0.15) is 47.6 Å². The van der Waals surface area contributed by atoms with Gasteiger partial charge in [-0.15, -0.1) is 0 Å². The molecule has 12 aromatic rings.